The van der Waals surface area contributed by atoms with E-state index in [1.807, 2.05) is 66.5 Å². The first-order valence-electron chi connectivity index (χ1n) is 9.30. The molecular formula is C21H21N5O3S. The van der Waals surface area contributed by atoms with Crippen molar-refractivity contribution in [2.75, 3.05) is 19.2 Å². The van der Waals surface area contributed by atoms with Crippen LogP contribution in [0, 0.1) is 0 Å². The summed E-state index contributed by atoms with van der Waals surface area (Å²) in [5.41, 5.74) is 1.55. The summed E-state index contributed by atoms with van der Waals surface area (Å²) in [6.07, 6.45) is 0. The van der Waals surface area contributed by atoms with Gasteiger partial charge in [-0.3, -0.25) is 9.59 Å². The molecule has 1 atom stereocenters. The van der Waals surface area contributed by atoms with E-state index in [0.29, 0.717) is 10.9 Å². The molecule has 0 radical (unpaired) electrons. The number of ketones is 1. The van der Waals surface area contributed by atoms with Gasteiger partial charge in [0.15, 0.2) is 16.7 Å². The van der Waals surface area contributed by atoms with Crippen LogP contribution >= 0.6 is 11.8 Å². The maximum Gasteiger partial charge on any atom is 0.292 e. The molecule has 2 heterocycles. The van der Waals surface area contributed by atoms with Crippen LogP contribution in [0.4, 0.5) is 5.69 Å². The average molecular weight is 423 g/mol. The van der Waals surface area contributed by atoms with Crippen LogP contribution in [0.5, 0.6) is 5.75 Å². The molecular weight excluding hydrogens is 402 g/mol. The second kappa shape index (κ2) is 7.49. The van der Waals surface area contributed by atoms with Gasteiger partial charge in [-0.15, -0.1) is 5.10 Å². The van der Waals surface area contributed by atoms with E-state index >= 15 is 0 Å². The van der Waals surface area contributed by atoms with Crippen molar-refractivity contribution in [1.29, 1.82) is 0 Å². The van der Waals surface area contributed by atoms with Crippen LogP contribution in [0.3, 0.4) is 0 Å². The summed E-state index contributed by atoms with van der Waals surface area (Å²) in [5.74, 6) is 0.870. The highest BCUT2D eigenvalue weighted by atomic mass is 32.2. The van der Waals surface area contributed by atoms with E-state index in [9.17, 15) is 9.59 Å². The zero-order valence-electron chi connectivity index (χ0n) is 17.1. The number of benzene rings is 2. The summed E-state index contributed by atoms with van der Waals surface area (Å²) in [4.78, 5) is 26.8. The smallest absolute Gasteiger partial charge is 0.292 e. The summed E-state index contributed by atoms with van der Waals surface area (Å²) >= 11 is 1.20. The molecule has 0 saturated heterocycles. The van der Waals surface area contributed by atoms with Crippen LogP contribution in [-0.2, 0) is 9.59 Å². The lowest BCUT2D eigenvalue weighted by Gasteiger charge is -2.42. The summed E-state index contributed by atoms with van der Waals surface area (Å²) < 4.78 is 5.24. The molecule has 0 bridgehead atoms. The van der Waals surface area contributed by atoms with E-state index in [0.717, 1.165) is 17.0 Å². The summed E-state index contributed by atoms with van der Waals surface area (Å²) in [7, 11) is 3.45. The third kappa shape index (κ3) is 3.02. The Bertz CT molecular complexity index is 1050. The van der Waals surface area contributed by atoms with Gasteiger partial charge in [0.05, 0.1) is 12.8 Å². The number of Topliss-reactive ketones (excluding diaryl/α,β-unsaturated/α-hetero) is 1. The van der Waals surface area contributed by atoms with Crippen molar-refractivity contribution < 1.29 is 14.3 Å². The van der Waals surface area contributed by atoms with Crippen molar-refractivity contribution in [2.24, 2.45) is 10.2 Å². The monoisotopic (exact) mass is 423 g/mol. The third-order valence-electron chi connectivity index (χ3n) is 4.87. The maximum absolute atomic E-state index is 12.7. The average Bonchev–Trinajstić information content (AvgIpc) is 3.29. The van der Waals surface area contributed by atoms with Crippen molar-refractivity contribution in [1.82, 2.24) is 9.91 Å². The van der Waals surface area contributed by atoms with Gasteiger partial charge in [-0.1, -0.05) is 18.2 Å². The fraction of sp³-hybridized carbons (Fsp3) is 0.238. The number of carbonyl (C=O) groups excluding carboxylic acids is 2. The fourth-order valence-corrected chi connectivity index (χ4v) is 4.64. The Morgan fingerprint density at radius 3 is 2.23 bits per heavy atom. The maximum atomic E-state index is 12.7. The zero-order chi connectivity index (χ0) is 21.5. The number of carbonyl (C=O) groups is 2. The van der Waals surface area contributed by atoms with Gasteiger partial charge in [0, 0.05) is 26.5 Å². The minimum Gasteiger partial charge on any atom is -0.497 e. The lowest BCUT2D eigenvalue weighted by Crippen LogP contribution is -2.61. The minimum absolute atomic E-state index is 0.174. The van der Waals surface area contributed by atoms with Crippen molar-refractivity contribution in [2.45, 2.75) is 19.0 Å². The molecule has 2 aromatic rings. The Labute approximate surface area is 178 Å². The standard InChI is InChI=1S/C21H21N5O3S/c1-14(27)20-23-26(17-8-6-5-7-9-17)21(30-20)24(3)19(22-25(21)15(2)28)16-10-12-18(29-4)13-11-16/h5-13H,1-4H3. The van der Waals surface area contributed by atoms with Gasteiger partial charge in [0.2, 0.25) is 5.91 Å². The molecule has 0 N–H and O–H groups in total. The molecule has 1 unspecified atom stereocenters. The lowest BCUT2D eigenvalue weighted by atomic mass is 10.2. The molecule has 0 aliphatic carbocycles. The number of methoxy groups -OCH3 is 1. The second-order valence-corrected chi connectivity index (χ2v) is 7.97. The lowest BCUT2D eigenvalue weighted by molar-refractivity contribution is -0.133. The van der Waals surface area contributed by atoms with Gasteiger partial charge in [-0.2, -0.15) is 10.1 Å². The van der Waals surface area contributed by atoms with Crippen LogP contribution < -0.4 is 9.75 Å². The molecule has 1 spiro atoms. The van der Waals surface area contributed by atoms with Crippen molar-refractivity contribution in [3.63, 3.8) is 0 Å². The SMILES string of the molecule is COc1ccc(C2=NN(C(C)=O)C3(SC(C(C)=O)=NN3c3ccccc3)N2C)cc1. The first-order valence-corrected chi connectivity index (χ1v) is 10.1. The first-order chi connectivity index (χ1) is 14.4. The quantitative estimate of drug-likeness (QED) is 0.753. The molecule has 0 aromatic heterocycles. The predicted octanol–water partition coefficient (Wildman–Crippen LogP) is 2.92. The molecule has 30 heavy (non-hydrogen) atoms. The Hall–Kier alpha value is -3.33. The van der Waals surface area contributed by atoms with Crippen LogP contribution in [0.2, 0.25) is 0 Å². The Balaban J connectivity index is 1.84. The minimum atomic E-state index is -1.16. The molecule has 0 saturated carbocycles. The molecule has 0 fully saturated rings. The number of amidine groups is 1. The summed E-state index contributed by atoms with van der Waals surface area (Å²) in [6, 6.07) is 16.9. The van der Waals surface area contributed by atoms with Crippen LogP contribution in [0.15, 0.2) is 64.8 Å². The number of thioether (sulfide) groups is 1. The van der Waals surface area contributed by atoms with E-state index in [1.165, 1.54) is 30.6 Å². The van der Waals surface area contributed by atoms with Crippen LogP contribution in [0.25, 0.3) is 0 Å². The highest BCUT2D eigenvalue weighted by Crippen LogP contribution is 2.48. The topological polar surface area (TPSA) is 77.8 Å². The summed E-state index contributed by atoms with van der Waals surface area (Å²) in [6.45, 7) is 2.91. The predicted molar refractivity (Wildman–Crippen MR) is 117 cm³/mol. The molecule has 2 aliphatic rings. The van der Waals surface area contributed by atoms with Crippen molar-refractivity contribution >= 4 is 40.0 Å². The van der Waals surface area contributed by atoms with E-state index in [2.05, 4.69) is 10.2 Å². The van der Waals surface area contributed by atoms with Gasteiger partial charge in [0.1, 0.15) is 5.75 Å². The molecule has 154 valence electrons. The molecule has 2 aromatic carbocycles. The van der Waals surface area contributed by atoms with Gasteiger partial charge in [-0.25, -0.2) is 5.01 Å². The van der Waals surface area contributed by atoms with E-state index in [4.69, 9.17) is 4.74 Å². The number of para-hydroxylation sites is 1. The normalized spacial score (nSPS) is 20.5. The number of amides is 1. The molecule has 8 nitrogen and oxygen atoms in total. The molecule has 4 rings (SSSR count). The van der Waals surface area contributed by atoms with E-state index < -0.39 is 5.12 Å². The highest BCUT2D eigenvalue weighted by molar-refractivity contribution is 8.17. The number of ether oxygens (including phenoxy) is 1. The molecule has 9 heteroatoms. The molecule has 2 aliphatic heterocycles. The van der Waals surface area contributed by atoms with Crippen LogP contribution in [0.1, 0.15) is 19.4 Å². The van der Waals surface area contributed by atoms with Gasteiger partial charge >= 0.3 is 0 Å². The first kappa shape index (κ1) is 20.0. The Kier molecular flexibility index (Phi) is 4.98. The van der Waals surface area contributed by atoms with Crippen molar-refractivity contribution in [3.8, 4) is 5.75 Å². The highest BCUT2D eigenvalue weighted by Gasteiger charge is 2.59. The van der Waals surface area contributed by atoms with Gasteiger partial charge in [-0.05, 0) is 48.2 Å². The Morgan fingerprint density at radius 2 is 1.67 bits per heavy atom. The number of hydrogen-bond donors (Lipinski definition) is 0. The largest absolute Gasteiger partial charge is 0.497 e. The van der Waals surface area contributed by atoms with E-state index in [-0.39, 0.29) is 11.7 Å². The summed E-state index contributed by atoms with van der Waals surface area (Å²) in [5, 5.41) is 11.4. The number of anilines is 1. The number of hydrazone groups is 2. The second-order valence-electron chi connectivity index (χ2n) is 6.83. The number of hydrogen-bond acceptors (Lipinski definition) is 8. The number of nitrogens with zero attached hydrogens (tertiary/aromatic N) is 5. The zero-order valence-corrected chi connectivity index (χ0v) is 17.9. The third-order valence-corrected chi connectivity index (χ3v) is 6.33. The fourth-order valence-electron chi connectivity index (χ4n) is 3.40. The number of rotatable bonds is 4. The molecule has 1 amide bonds. The Morgan fingerprint density at radius 1 is 1.00 bits per heavy atom. The van der Waals surface area contributed by atoms with E-state index in [1.54, 1.807) is 12.1 Å². The van der Waals surface area contributed by atoms with Crippen molar-refractivity contribution in [3.05, 3.63) is 60.2 Å². The van der Waals surface area contributed by atoms with Crippen LogP contribution in [-0.4, -0.2) is 51.8 Å². The van der Waals surface area contributed by atoms with Gasteiger partial charge < -0.3 is 9.64 Å². The van der Waals surface area contributed by atoms with Gasteiger partial charge in [0.25, 0.3) is 5.12 Å².